The highest BCUT2D eigenvalue weighted by molar-refractivity contribution is 5.32. The topological polar surface area (TPSA) is 121 Å². The molecular formula is C32H48O7. The Morgan fingerprint density at radius 1 is 0.769 bits per heavy atom. The molecule has 0 unspecified atom stereocenters. The lowest BCUT2D eigenvalue weighted by atomic mass is 9.83. The Morgan fingerprint density at radius 3 is 1.77 bits per heavy atom. The van der Waals surface area contributed by atoms with Crippen molar-refractivity contribution >= 4 is 0 Å². The average Bonchev–Trinajstić information content (AvgIpc) is 2.92. The lowest BCUT2D eigenvalue weighted by molar-refractivity contribution is 0.0212. The molecule has 2 aromatic heterocycles. The van der Waals surface area contributed by atoms with Gasteiger partial charge in [0.2, 0.25) is 0 Å². The maximum Gasteiger partial charge on any atom is 0.191 e. The fraction of sp³-hybridized carbons (Fsp3) is 0.625. The number of aliphatic hydroxyl groups excluding tert-OH is 3. The van der Waals surface area contributed by atoms with Gasteiger partial charge < -0.3 is 24.2 Å². The summed E-state index contributed by atoms with van der Waals surface area (Å²) < 4.78 is 12.3. The van der Waals surface area contributed by atoms with Crippen molar-refractivity contribution in [3.8, 4) is 0 Å². The lowest BCUT2D eigenvalue weighted by Crippen LogP contribution is -2.35. The van der Waals surface area contributed by atoms with Crippen molar-refractivity contribution in [1.29, 1.82) is 0 Å². The van der Waals surface area contributed by atoms with E-state index in [-0.39, 0.29) is 22.7 Å². The van der Waals surface area contributed by atoms with Gasteiger partial charge in [-0.05, 0) is 46.6 Å². The summed E-state index contributed by atoms with van der Waals surface area (Å²) in [4.78, 5) is 25.7. The van der Waals surface area contributed by atoms with Gasteiger partial charge in [0.05, 0.1) is 18.3 Å². The average molecular weight is 545 g/mol. The van der Waals surface area contributed by atoms with E-state index in [2.05, 4.69) is 0 Å². The third-order valence-corrected chi connectivity index (χ3v) is 8.43. The smallest absolute Gasteiger partial charge is 0.191 e. The first-order valence-corrected chi connectivity index (χ1v) is 14.1. The number of aliphatic hydroxyl groups is 3. The zero-order chi connectivity index (χ0) is 29.9. The molecule has 0 fully saturated rings. The quantitative estimate of drug-likeness (QED) is 0.321. The Morgan fingerprint density at radius 2 is 1.26 bits per heavy atom. The first-order valence-electron chi connectivity index (χ1n) is 14.1. The molecule has 7 nitrogen and oxygen atoms in total. The van der Waals surface area contributed by atoms with Crippen molar-refractivity contribution in [3.63, 3.8) is 0 Å². The molecule has 0 aliphatic rings. The van der Waals surface area contributed by atoms with Gasteiger partial charge in [-0.25, -0.2) is 0 Å². The minimum absolute atomic E-state index is 0.0285. The van der Waals surface area contributed by atoms with Crippen LogP contribution in [-0.4, -0.2) is 33.6 Å². The van der Waals surface area contributed by atoms with Gasteiger partial charge >= 0.3 is 0 Å². The van der Waals surface area contributed by atoms with Gasteiger partial charge in [-0.1, -0.05) is 47.6 Å². The molecule has 0 saturated heterocycles. The number of allylic oxidation sites excluding steroid dienone is 1. The van der Waals surface area contributed by atoms with Gasteiger partial charge in [0.25, 0.3) is 0 Å². The van der Waals surface area contributed by atoms with Gasteiger partial charge in [0.1, 0.15) is 23.0 Å². The molecule has 7 atom stereocenters. The molecule has 2 heterocycles. The summed E-state index contributed by atoms with van der Waals surface area (Å²) in [5.41, 5.74) is 2.50. The third-order valence-electron chi connectivity index (χ3n) is 8.43. The molecule has 7 heteroatoms. The first kappa shape index (κ1) is 32.7. The van der Waals surface area contributed by atoms with Crippen molar-refractivity contribution < 1.29 is 24.2 Å². The second-order valence-corrected chi connectivity index (χ2v) is 11.3. The van der Waals surface area contributed by atoms with Crippen LogP contribution in [0.5, 0.6) is 0 Å². The maximum atomic E-state index is 13.0. The Kier molecular flexibility index (Phi) is 11.1. The van der Waals surface area contributed by atoms with Crippen LogP contribution >= 0.6 is 0 Å². The largest absolute Gasteiger partial charge is 0.465 e. The second kappa shape index (κ2) is 13.2. The predicted octanol–water partition coefficient (Wildman–Crippen LogP) is 5.47. The summed E-state index contributed by atoms with van der Waals surface area (Å²) in [6.07, 6.45) is 0.332. The van der Waals surface area contributed by atoms with E-state index in [4.69, 9.17) is 8.83 Å². The molecule has 0 bridgehead atoms. The van der Waals surface area contributed by atoms with E-state index in [9.17, 15) is 24.9 Å². The molecule has 218 valence electrons. The SMILES string of the molecule is CCc1oc([C@H](C)/C=C(\C)[C@H](O)[C@H](C)[C@@H](O)[C@@H](C)c2oc([C@@H](C)[C@@H](O)CC)c(C)c(=O)c2C)c(C)c(=O)c1C. The van der Waals surface area contributed by atoms with Crippen LogP contribution in [0.2, 0.25) is 0 Å². The molecule has 0 aromatic carbocycles. The van der Waals surface area contributed by atoms with E-state index >= 15 is 0 Å². The van der Waals surface area contributed by atoms with E-state index in [1.807, 2.05) is 33.8 Å². The summed E-state index contributed by atoms with van der Waals surface area (Å²) in [7, 11) is 0. The molecule has 0 spiro atoms. The zero-order valence-corrected chi connectivity index (χ0v) is 25.5. The number of rotatable bonds is 11. The highest BCUT2D eigenvalue weighted by Gasteiger charge is 2.33. The predicted molar refractivity (Wildman–Crippen MR) is 155 cm³/mol. The summed E-state index contributed by atoms with van der Waals surface area (Å²) in [5.74, 6) is 0.215. The van der Waals surface area contributed by atoms with E-state index in [1.165, 1.54) is 0 Å². The third kappa shape index (κ3) is 6.64. The van der Waals surface area contributed by atoms with Crippen molar-refractivity contribution in [2.45, 2.75) is 125 Å². The van der Waals surface area contributed by atoms with E-state index in [0.29, 0.717) is 63.7 Å². The fourth-order valence-corrected chi connectivity index (χ4v) is 5.53. The normalized spacial score (nSPS) is 17.8. The Balaban J connectivity index is 2.38. The minimum atomic E-state index is -1.02. The van der Waals surface area contributed by atoms with Gasteiger partial charge in [0, 0.05) is 52.3 Å². The molecular weight excluding hydrogens is 496 g/mol. The molecule has 2 rings (SSSR count). The maximum absolute atomic E-state index is 13.0. The van der Waals surface area contributed by atoms with Gasteiger partial charge in [-0.2, -0.15) is 0 Å². The molecule has 0 aliphatic heterocycles. The molecule has 0 radical (unpaired) electrons. The number of aryl methyl sites for hydroxylation is 1. The minimum Gasteiger partial charge on any atom is -0.465 e. The van der Waals surface area contributed by atoms with Crippen LogP contribution < -0.4 is 10.9 Å². The first-order chi connectivity index (χ1) is 18.1. The van der Waals surface area contributed by atoms with Crippen molar-refractivity contribution in [1.82, 2.24) is 0 Å². The van der Waals surface area contributed by atoms with Gasteiger partial charge in [-0.15, -0.1) is 0 Å². The van der Waals surface area contributed by atoms with Crippen molar-refractivity contribution in [2.24, 2.45) is 5.92 Å². The summed E-state index contributed by atoms with van der Waals surface area (Å²) >= 11 is 0. The Labute approximate surface area is 232 Å². The van der Waals surface area contributed by atoms with Crippen LogP contribution in [0.3, 0.4) is 0 Å². The Hall–Kier alpha value is -2.48. The molecule has 2 aromatic rings. The van der Waals surface area contributed by atoms with E-state index in [1.54, 1.807) is 48.5 Å². The van der Waals surface area contributed by atoms with Crippen LogP contribution in [0.15, 0.2) is 30.1 Å². The van der Waals surface area contributed by atoms with Crippen LogP contribution in [0, 0.1) is 33.6 Å². The summed E-state index contributed by atoms with van der Waals surface area (Å²) in [6.45, 7) is 19.8. The highest BCUT2D eigenvalue weighted by Crippen LogP contribution is 2.33. The summed E-state index contributed by atoms with van der Waals surface area (Å²) in [6, 6.07) is 0. The molecule has 0 saturated carbocycles. The van der Waals surface area contributed by atoms with Gasteiger partial charge in [-0.3, -0.25) is 9.59 Å². The molecule has 0 amide bonds. The number of hydrogen-bond acceptors (Lipinski definition) is 7. The fourth-order valence-electron chi connectivity index (χ4n) is 5.53. The van der Waals surface area contributed by atoms with Gasteiger partial charge in [0.15, 0.2) is 10.9 Å². The van der Waals surface area contributed by atoms with Crippen LogP contribution in [0.4, 0.5) is 0 Å². The van der Waals surface area contributed by atoms with E-state index in [0.717, 1.165) is 0 Å². The van der Waals surface area contributed by atoms with Crippen LogP contribution in [0.1, 0.15) is 118 Å². The van der Waals surface area contributed by atoms with Crippen molar-refractivity contribution in [2.75, 3.05) is 0 Å². The second-order valence-electron chi connectivity index (χ2n) is 11.3. The molecule has 3 N–H and O–H groups in total. The highest BCUT2D eigenvalue weighted by atomic mass is 16.4. The zero-order valence-electron chi connectivity index (χ0n) is 25.5. The van der Waals surface area contributed by atoms with Crippen LogP contribution in [0.25, 0.3) is 0 Å². The lowest BCUT2D eigenvalue weighted by Gasteiger charge is -2.30. The summed E-state index contributed by atoms with van der Waals surface area (Å²) in [5, 5.41) is 32.9. The van der Waals surface area contributed by atoms with Crippen LogP contribution in [-0.2, 0) is 6.42 Å². The molecule has 39 heavy (non-hydrogen) atoms. The van der Waals surface area contributed by atoms with E-state index < -0.39 is 30.1 Å². The molecule has 0 aliphatic carbocycles. The standard InChI is InChI=1S/C32H48O7/c1-12-24(33)17(5)31-22(10)29(37)23(11)32(39-31)21(9)28(36)19(7)26(34)15(3)14-16(4)30-20(8)27(35)18(6)25(13-2)38-30/h14,16-17,19,21,24,26,28,33-34,36H,12-13H2,1-11H3/b15-14+/t16-,17+,19+,21-,24+,26+,28-/m1/s1. The van der Waals surface area contributed by atoms with Crippen molar-refractivity contribution in [3.05, 3.63) is 77.4 Å². The Bertz CT molecular complexity index is 1300. The monoisotopic (exact) mass is 544 g/mol. The number of hydrogen-bond donors (Lipinski definition) is 3.